The first-order chi connectivity index (χ1) is 14.7. The number of carbonyl (C=O) groups excluding carboxylic acids is 1. The first-order valence-corrected chi connectivity index (χ1v) is 11.3. The molecule has 0 aliphatic carbocycles. The molecule has 5 nitrogen and oxygen atoms in total. The van der Waals surface area contributed by atoms with E-state index >= 15 is 0 Å². The van der Waals surface area contributed by atoms with Crippen molar-refractivity contribution >= 4 is 17.3 Å². The third-order valence-corrected chi connectivity index (χ3v) is 6.33. The lowest BCUT2D eigenvalue weighted by atomic mass is 10.0. The summed E-state index contributed by atoms with van der Waals surface area (Å²) >= 11 is 0. The van der Waals surface area contributed by atoms with Crippen LogP contribution in [0.25, 0.3) is 0 Å². The van der Waals surface area contributed by atoms with E-state index in [2.05, 4.69) is 39.4 Å². The molecule has 2 aromatic rings. The molecule has 1 atom stereocenters. The highest BCUT2D eigenvalue weighted by Crippen LogP contribution is 2.31. The van der Waals surface area contributed by atoms with Crippen LogP contribution in [0.15, 0.2) is 48.5 Å². The minimum absolute atomic E-state index is 0.0596. The van der Waals surface area contributed by atoms with Crippen LogP contribution in [0.5, 0.6) is 5.75 Å². The van der Waals surface area contributed by atoms with E-state index in [0.29, 0.717) is 6.54 Å². The van der Waals surface area contributed by atoms with E-state index < -0.39 is 0 Å². The van der Waals surface area contributed by atoms with Gasteiger partial charge in [-0.15, -0.1) is 0 Å². The lowest BCUT2D eigenvalue weighted by Crippen LogP contribution is -2.36. The predicted octanol–water partition coefficient (Wildman–Crippen LogP) is 4.85. The van der Waals surface area contributed by atoms with Crippen LogP contribution >= 0.6 is 0 Å². The molecule has 0 spiro atoms. The molecule has 2 heterocycles. The second kappa shape index (κ2) is 9.98. The lowest BCUT2D eigenvalue weighted by Gasteiger charge is -2.30. The van der Waals surface area contributed by atoms with Crippen molar-refractivity contribution in [2.24, 2.45) is 0 Å². The van der Waals surface area contributed by atoms with Crippen LogP contribution in [0.3, 0.4) is 0 Å². The minimum atomic E-state index is 0.0596. The van der Waals surface area contributed by atoms with Gasteiger partial charge in [0.25, 0.3) is 0 Å². The fraction of sp³-hybridized carbons (Fsp3) is 0.480. The van der Waals surface area contributed by atoms with Gasteiger partial charge in [0.1, 0.15) is 5.75 Å². The number of amides is 1. The molecule has 2 aliphatic heterocycles. The zero-order valence-electron chi connectivity index (χ0n) is 18.0. The summed E-state index contributed by atoms with van der Waals surface area (Å²) in [6.07, 6.45) is 7.19. The smallest absolute Gasteiger partial charge is 0.238 e. The molecule has 1 amide bonds. The highest BCUT2D eigenvalue weighted by Gasteiger charge is 2.24. The van der Waals surface area contributed by atoms with E-state index in [0.717, 1.165) is 43.9 Å². The number of nitrogens with one attached hydrogen (secondary N) is 1. The molecule has 4 rings (SSSR count). The van der Waals surface area contributed by atoms with Crippen molar-refractivity contribution in [3.8, 4) is 5.75 Å². The normalized spacial score (nSPS) is 20.0. The second-order valence-electron chi connectivity index (χ2n) is 8.40. The summed E-state index contributed by atoms with van der Waals surface area (Å²) in [7, 11) is 1.69. The molecule has 0 radical (unpaired) electrons. The van der Waals surface area contributed by atoms with Crippen molar-refractivity contribution in [2.75, 3.05) is 43.5 Å². The monoisotopic (exact) mass is 407 g/mol. The third kappa shape index (κ3) is 5.14. The van der Waals surface area contributed by atoms with Crippen molar-refractivity contribution in [3.05, 3.63) is 54.1 Å². The van der Waals surface area contributed by atoms with Gasteiger partial charge in [0, 0.05) is 30.5 Å². The Balaban J connectivity index is 1.39. The summed E-state index contributed by atoms with van der Waals surface area (Å²) < 4.78 is 5.30. The zero-order chi connectivity index (χ0) is 20.8. The molecule has 2 aliphatic rings. The Morgan fingerprint density at radius 3 is 2.33 bits per heavy atom. The summed E-state index contributed by atoms with van der Waals surface area (Å²) in [5, 5.41) is 3.10. The SMILES string of the molecule is COc1ccc(C2CCCCCN2CC(=O)Nc2ccc(N3CCCC3)cc2)cc1. The predicted molar refractivity (Wildman–Crippen MR) is 122 cm³/mol. The van der Waals surface area contributed by atoms with E-state index in [4.69, 9.17) is 4.74 Å². The number of ether oxygens (including phenoxy) is 1. The Kier molecular flexibility index (Phi) is 6.90. The Morgan fingerprint density at radius 1 is 0.933 bits per heavy atom. The van der Waals surface area contributed by atoms with Gasteiger partial charge in [-0.25, -0.2) is 0 Å². The molecule has 2 saturated heterocycles. The Labute approximate surface area is 180 Å². The van der Waals surface area contributed by atoms with Gasteiger partial charge in [0.2, 0.25) is 5.91 Å². The van der Waals surface area contributed by atoms with E-state index in [1.807, 2.05) is 24.3 Å². The van der Waals surface area contributed by atoms with Crippen molar-refractivity contribution in [3.63, 3.8) is 0 Å². The molecule has 5 heteroatoms. The number of nitrogens with zero attached hydrogens (tertiary/aromatic N) is 2. The first-order valence-electron chi connectivity index (χ1n) is 11.3. The second-order valence-corrected chi connectivity index (χ2v) is 8.40. The lowest BCUT2D eigenvalue weighted by molar-refractivity contribution is -0.117. The summed E-state index contributed by atoms with van der Waals surface area (Å²) in [4.78, 5) is 17.6. The standard InChI is InChI=1S/C25H33N3O2/c1-30-23-14-8-20(9-15-23)24-7-3-2-4-18-28(24)19-25(29)26-21-10-12-22(13-11-21)27-16-5-6-17-27/h8-15,24H,2-7,16-19H2,1H3,(H,26,29). The van der Waals surface area contributed by atoms with Crippen LogP contribution in [0.2, 0.25) is 0 Å². The van der Waals surface area contributed by atoms with Gasteiger partial charge < -0.3 is 15.0 Å². The zero-order valence-corrected chi connectivity index (χ0v) is 18.0. The number of hydrogen-bond acceptors (Lipinski definition) is 4. The highest BCUT2D eigenvalue weighted by molar-refractivity contribution is 5.92. The summed E-state index contributed by atoms with van der Waals surface area (Å²) in [5.41, 5.74) is 3.39. The fourth-order valence-electron chi connectivity index (χ4n) is 4.68. The molecule has 160 valence electrons. The van der Waals surface area contributed by atoms with Crippen LogP contribution in [-0.4, -0.2) is 44.1 Å². The van der Waals surface area contributed by atoms with Crippen molar-refractivity contribution in [2.45, 2.75) is 44.6 Å². The number of likely N-dealkylation sites (tertiary alicyclic amines) is 1. The van der Waals surface area contributed by atoms with Gasteiger partial charge in [-0.2, -0.15) is 0 Å². The Bertz CT molecular complexity index is 813. The molecule has 1 unspecified atom stereocenters. The maximum Gasteiger partial charge on any atom is 0.238 e. The molecule has 1 N–H and O–H groups in total. The number of methoxy groups -OCH3 is 1. The molecular formula is C25H33N3O2. The molecular weight excluding hydrogens is 374 g/mol. The minimum Gasteiger partial charge on any atom is -0.497 e. The molecule has 30 heavy (non-hydrogen) atoms. The third-order valence-electron chi connectivity index (χ3n) is 6.33. The quantitative estimate of drug-likeness (QED) is 0.743. The van der Waals surface area contributed by atoms with Gasteiger partial charge in [-0.05, 0) is 74.2 Å². The van der Waals surface area contributed by atoms with Crippen molar-refractivity contribution < 1.29 is 9.53 Å². The van der Waals surface area contributed by atoms with E-state index in [1.165, 1.54) is 36.9 Å². The van der Waals surface area contributed by atoms with Crippen LogP contribution in [0.1, 0.15) is 50.1 Å². The average Bonchev–Trinajstić information content (AvgIpc) is 3.22. The number of carbonyl (C=O) groups is 1. The van der Waals surface area contributed by atoms with Crippen molar-refractivity contribution in [1.82, 2.24) is 4.90 Å². The highest BCUT2D eigenvalue weighted by atomic mass is 16.5. The summed E-state index contributed by atoms with van der Waals surface area (Å²) in [5.74, 6) is 0.929. The van der Waals surface area contributed by atoms with Crippen molar-refractivity contribution in [1.29, 1.82) is 0 Å². The van der Waals surface area contributed by atoms with Gasteiger partial charge in [0.05, 0.1) is 13.7 Å². The van der Waals surface area contributed by atoms with Gasteiger partial charge in [-0.1, -0.05) is 25.0 Å². The van der Waals surface area contributed by atoms with Gasteiger partial charge in [0.15, 0.2) is 0 Å². The molecule has 2 fully saturated rings. The van der Waals surface area contributed by atoms with Crippen LogP contribution in [0, 0.1) is 0 Å². The van der Waals surface area contributed by atoms with Gasteiger partial charge >= 0.3 is 0 Å². The number of anilines is 2. The maximum atomic E-state index is 12.8. The molecule has 0 aromatic heterocycles. The molecule has 0 bridgehead atoms. The van der Waals surface area contributed by atoms with E-state index in [9.17, 15) is 4.79 Å². The molecule has 0 saturated carbocycles. The first kappa shape index (κ1) is 20.7. The topological polar surface area (TPSA) is 44.8 Å². The van der Waals surface area contributed by atoms with E-state index in [1.54, 1.807) is 7.11 Å². The Hall–Kier alpha value is -2.53. The van der Waals surface area contributed by atoms with Gasteiger partial charge in [-0.3, -0.25) is 9.69 Å². The van der Waals surface area contributed by atoms with Crippen LogP contribution < -0.4 is 15.0 Å². The average molecular weight is 408 g/mol. The maximum absolute atomic E-state index is 12.8. The fourth-order valence-corrected chi connectivity index (χ4v) is 4.68. The number of rotatable bonds is 6. The van der Waals surface area contributed by atoms with E-state index in [-0.39, 0.29) is 11.9 Å². The number of hydrogen-bond donors (Lipinski definition) is 1. The summed E-state index contributed by atoms with van der Waals surface area (Å²) in [6, 6.07) is 16.9. The molecule has 2 aromatic carbocycles. The van der Waals surface area contributed by atoms with Crippen LogP contribution in [0.4, 0.5) is 11.4 Å². The number of benzene rings is 2. The van der Waals surface area contributed by atoms with Crippen LogP contribution in [-0.2, 0) is 4.79 Å². The summed E-state index contributed by atoms with van der Waals surface area (Å²) in [6.45, 7) is 3.64. The Morgan fingerprint density at radius 2 is 1.63 bits per heavy atom. The largest absolute Gasteiger partial charge is 0.497 e.